The van der Waals surface area contributed by atoms with Gasteiger partial charge in [0.1, 0.15) is 17.7 Å². The minimum absolute atomic E-state index is 0.0759. The van der Waals surface area contributed by atoms with Gasteiger partial charge in [0.2, 0.25) is 5.78 Å². The topological polar surface area (TPSA) is 103 Å². The van der Waals surface area contributed by atoms with E-state index in [1.165, 1.54) is 25.3 Å². The number of ether oxygens (including phenoxy) is 1. The lowest BCUT2D eigenvalue weighted by atomic mass is 10.1. The Labute approximate surface area is 161 Å². The van der Waals surface area contributed by atoms with Crippen molar-refractivity contribution in [3.8, 4) is 12.1 Å². The maximum absolute atomic E-state index is 12.3. The summed E-state index contributed by atoms with van der Waals surface area (Å²) in [5.74, 6) is -0.967. The van der Waals surface area contributed by atoms with Crippen LogP contribution in [0.1, 0.15) is 27.6 Å². The second kappa shape index (κ2) is 9.19. The van der Waals surface area contributed by atoms with Gasteiger partial charge in [0, 0.05) is 22.5 Å². The zero-order valence-corrected chi connectivity index (χ0v) is 15.0. The maximum Gasteiger partial charge on any atom is 0.338 e. The quantitative estimate of drug-likeness (QED) is 0.460. The average molecular weight is 380 g/mol. The van der Waals surface area contributed by atoms with Gasteiger partial charge in [0.15, 0.2) is 6.10 Å². The summed E-state index contributed by atoms with van der Waals surface area (Å²) in [5.41, 5.74) is 1.17. The van der Waals surface area contributed by atoms with Gasteiger partial charge in [-0.3, -0.25) is 4.79 Å². The number of Topliss-reactive ketones (excluding diaryl/α,β-unsaturated/α-hetero) is 1. The third-order valence-electron chi connectivity index (χ3n) is 3.53. The van der Waals surface area contributed by atoms with Crippen LogP contribution in [0.25, 0.3) is 0 Å². The molecule has 0 aliphatic carbocycles. The van der Waals surface area contributed by atoms with Crippen LogP contribution in [0.2, 0.25) is 5.02 Å². The van der Waals surface area contributed by atoms with E-state index in [9.17, 15) is 9.59 Å². The highest BCUT2D eigenvalue weighted by atomic mass is 35.5. The number of hydrogen-bond acceptors (Lipinski definition) is 6. The van der Waals surface area contributed by atoms with Crippen LogP contribution in [0.15, 0.2) is 60.3 Å². The molecule has 0 aliphatic rings. The Morgan fingerprint density at radius 1 is 1.04 bits per heavy atom. The number of hydrogen-bond donors (Lipinski definition) is 1. The molecular weight excluding hydrogens is 366 g/mol. The van der Waals surface area contributed by atoms with Crippen LogP contribution in [0, 0.1) is 22.7 Å². The third-order valence-corrected chi connectivity index (χ3v) is 3.78. The highest BCUT2D eigenvalue weighted by molar-refractivity contribution is 6.30. The van der Waals surface area contributed by atoms with E-state index in [2.05, 4.69) is 5.32 Å². The van der Waals surface area contributed by atoms with Crippen LogP contribution >= 0.6 is 11.6 Å². The summed E-state index contributed by atoms with van der Waals surface area (Å²) in [6, 6.07) is 16.0. The molecule has 2 aromatic carbocycles. The number of nitriles is 2. The van der Waals surface area contributed by atoms with Crippen LogP contribution in [-0.2, 0) is 4.74 Å². The number of halogens is 1. The first kappa shape index (κ1) is 19.7. The number of carbonyl (C=O) groups is 2. The molecule has 0 heterocycles. The van der Waals surface area contributed by atoms with Crippen molar-refractivity contribution in [2.45, 2.75) is 13.0 Å². The van der Waals surface area contributed by atoms with E-state index in [0.717, 1.165) is 0 Å². The Balaban J connectivity index is 2.00. The lowest BCUT2D eigenvalue weighted by molar-refractivity contribution is 0.0319. The summed E-state index contributed by atoms with van der Waals surface area (Å²) < 4.78 is 5.22. The monoisotopic (exact) mass is 379 g/mol. The van der Waals surface area contributed by atoms with E-state index >= 15 is 0 Å². The minimum Gasteiger partial charge on any atom is -0.451 e. The smallest absolute Gasteiger partial charge is 0.338 e. The number of anilines is 1. The van der Waals surface area contributed by atoms with Crippen molar-refractivity contribution in [1.82, 2.24) is 0 Å². The van der Waals surface area contributed by atoms with Gasteiger partial charge in [0.05, 0.1) is 5.56 Å². The molecule has 0 aliphatic heterocycles. The molecule has 2 aromatic rings. The van der Waals surface area contributed by atoms with Crippen LogP contribution in [0.5, 0.6) is 0 Å². The van der Waals surface area contributed by atoms with Gasteiger partial charge < -0.3 is 10.1 Å². The minimum atomic E-state index is -0.951. The van der Waals surface area contributed by atoms with Gasteiger partial charge in [-0.2, -0.15) is 10.5 Å². The zero-order valence-electron chi connectivity index (χ0n) is 14.3. The Kier molecular flexibility index (Phi) is 6.71. The molecule has 0 amide bonds. The van der Waals surface area contributed by atoms with Crippen molar-refractivity contribution in [2.75, 3.05) is 5.32 Å². The highest BCUT2D eigenvalue weighted by Crippen LogP contribution is 2.15. The SMILES string of the molecule is CC(OC(=O)c1ccc(NC=C(C#N)C#N)cc1)C(=O)c1ccc(Cl)cc1. The average Bonchev–Trinajstić information content (AvgIpc) is 2.69. The van der Waals surface area contributed by atoms with Gasteiger partial charge in [0.25, 0.3) is 0 Å². The Hall–Kier alpha value is -3.61. The van der Waals surface area contributed by atoms with Crippen molar-refractivity contribution in [1.29, 1.82) is 10.5 Å². The van der Waals surface area contributed by atoms with E-state index in [1.807, 2.05) is 0 Å². The van der Waals surface area contributed by atoms with Crippen molar-refractivity contribution in [3.05, 3.63) is 76.5 Å². The normalized spacial score (nSPS) is 10.7. The maximum atomic E-state index is 12.3. The molecular formula is C20H14ClN3O3. The van der Waals surface area contributed by atoms with Gasteiger partial charge >= 0.3 is 5.97 Å². The van der Waals surface area contributed by atoms with Crippen LogP contribution in [0.4, 0.5) is 5.69 Å². The summed E-state index contributed by atoms with van der Waals surface area (Å²) >= 11 is 5.79. The molecule has 0 radical (unpaired) electrons. The number of rotatable bonds is 6. The second-order valence-electron chi connectivity index (χ2n) is 5.42. The number of carbonyl (C=O) groups excluding carboxylic acids is 2. The first-order chi connectivity index (χ1) is 12.9. The van der Waals surface area contributed by atoms with Crippen LogP contribution < -0.4 is 5.32 Å². The number of benzene rings is 2. The molecule has 2 rings (SSSR count). The molecule has 0 bridgehead atoms. The van der Waals surface area contributed by atoms with Crippen molar-refractivity contribution in [3.63, 3.8) is 0 Å². The Bertz CT molecular complexity index is 936. The molecule has 7 heteroatoms. The Morgan fingerprint density at radius 2 is 1.59 bits per heavy atom. The van der Waals surface area contributed by atoms with Gasteiger partial charge in [-0.05, 0) is 55.5 Å². The molecule has 0 spiro atoms. The molecule has 6 nitrogen and oxygen atoms in total. The molecule has 0 saturated carbocycles. The fourth-order valence-corrected chi connectivity index (χ4v) is 2.20. The third kappa shape index (κ3) is 5.43. The van der Waals surface area contributed by atoms with Gasteiger partial charge in [-0.15, -0.1) is 0 Å². The molecule has 1 atom stereocenters. The second-order valence-corrected chi connectivity index (χ2v) is 5.86. The number of allylic oxidation sites excluding steroid dienone is 1. The lowest BCUT2D eigenvalue weighted by Gasteiger charge is -2.12. The number of esters is 1. The summed E-state index contributed by atoms with van der Waals surface area (Å²) in [7, 11) is 0. The van der Waals surface area contributed by atoms with E-state index in [4.69, 9.17) is 26.9 Å². The number of nitrogens with zero attached hydrogens (tertiary/aromatic N) is 2. The number of nitrogens with one attached hydrogen (secondary N) is 1. The number of ketones is 1. The van der Waals surface area contributed by atoms with E-state index in [1.54, 1.807) is 48.5 Å². The Morgan fingerprint density at radius 3 is 2.15 bits per heavy atom. The van der Waals surface area contributed by atoms with Crippen LogP contribution in [0.3, 0.4) is 0 Å². The first-order valence-electron chi connectivity index (χ1n) is 7.82. The standard InChI is InChI=1S/C20H14ClN3O3/c1-13(19(25)15-2-6-17(21)7-3-15)27-20(26)16-4-8-18(9-5-16)24-12-14(10-22)11-23/h2-9,12-13,24H,1H3. The molecule has 134 valence electrons. The summed E-state index contributed by atoms with van der Waals surface area (Å²) in [4.78, 5) is 24.5. The van der Waals surface area contributed by atoms with Gasteiger partial charge in [-0.1, -0.05) is 11.6 Å². The molecule has 0 fully saturated rings. The molecule has 0 aromatic heterocycles. The van der Waals surface area contributed by atoms with E-state index in [-0.39, 0.29) is 16.9 Å². The van der Waals surface area contributed by atoms with Crippen LogP contribution in [-0.4, -0.2) is 17.9 Å². The molecule has 1 N–H and O–H groups in total. The summed E-state index contributed by atoms with van der Waals surface area (Å²) in [6.45, 7) is 1.50. The molecule has 0 saturated heterocycles. The van der Waals surface area contributed by atoms with Gasteiger partial charge in [-0.25, -0.2) is 4.79 Å². The zero-order chi connectivity index (χ0) is 19.8. The van der Waals surface area contributed by atoms with Crippen molar-refractivity contribution < 1.29 is 14.3 Å². The van der Waals surface area contributed by atoms with E-state index in [0.29, 0.717) is 16.3 Å². The first-order valence-corrected chi connectivity index (χ1v) is 8.20. The fourth-order valence-electron chi connectivity index (χ4n) is 2.08. The predicted octanol–water partition coefficient (Wildman–Crippen LogP) is 4.11. The lowest BCUT2D eigenvalue weighted by Crippen LogP contribution is -2.24. The fraction of sp³-hybridized carbons (Fsp3) is 0.100. The molecule has 27 heavy (non-hydrogen) atoms. The predicted molar refractivity (Wildman–Crippen MR) is 100 cm³/mol. The van der Waals surface area contributed by atoms with Crippen molar-refractivity contribution in [2.24, 2.45) is 0 Å². The largest absolute Gasteiger partial charge is 0.451 e. The summed E-state index contributed by atoms with van der Waals surface area (Å²) in [6.07, 6.45) is 0.313. The van der Waals surface area contributed by atoms with Crippen molar-refractivity contribution >= 4 is 29.0 Å². The highest BCUT2D eigenvalue weighted by Gasteiger charge is 2.20. The summed E-state index contributed by atoms with van der Waals surface area (Å²) in [5, 5.41) is 20.6. The molecule has 1 unspecified atom stereocenters. The van der Waals surface area contributed by atoms with E-state index < -0.39 is 12.1 Å².